The summed E-state index contributed by atoms with van der Waals surface area (Å²) >= 11 is 6.08. The number of carbonyl (C=O) groups excluding carboxylic acids is 2. The summed E-state index contributed by atoms with van der Waals surface area (Å²) in [4.78, 5) is 27.5. The van der Waals surface area contributed by atoms with Gasteiger partial charge in [-0.1, -0.05) is 30.5 Å². The number of Topliss-reactive ketones (excluding diaryl/α,β-unsaturated/α-hetero) is 1. The third-order valence-corrected chi connectivity index (χ3v) is 6.07. The number of benzene rings is 1. The molecule has 1 saturated carbocycles. The van der Waals surface area contributed by atoms with Gasteiger partial charge in [0, 0.05) is 24.5 Å². The zero-order valence-corrected chi connectivity index (χ0v) is 15.9. The molecule has 1 saturated heterocycles. The molecule has 0 bridgehead atoms. The summed E-state index contributed by atoms with van der Waals surface area (Å²) in [6, 6.07) is 5.27. The van der Waals surface area contributed by atoms with Crippen molar-refractivity contribution < 1.29 is 9.59 Å². The molecule has 1 aromatic carbocycles. The van der Waals surface area contributed by atoms with Crippen LogP contribution in [0.4, 0.5) is 0 Å². The van der Waals surface area contributed by atoms with Crippen LogP contribution in [0.1, 0.15) is 56.1 Å². The number of hydrogen-bond donors (Lipinski definition) is 2. The van der Waals surface area contributed by atoms with Gasteiger partial charge >= 0.3 is 0 Å². The van der Waals surface area contributed by atoms with E-state index >= 15 is 0 Å². The first-order chi connectivity index (χ1) is 12.4. The van der Waals surface area contributed by atoms with Crippen LogP contribution in [0.15, 0.2) is 18.2 Å². The summed E-state index contributed by atoms with van der Waals surface area (Å²) in [5.41, 5.74) is 13.4. The fraction of sp³-hybridized carbons (Fsp3) is 0.600. The Morgan fingerprint density at radius 2 is 1.92 bits per heavy atom. The minimum Gasteiger partial charge on any atom is -0.331 e. The zero-order chi connectivity index (χ0) is 18.7. The Hall–Kier alpha value is -1.43. The van der Waals surface area contributed by atoms with Crippen LogP contribution < -0.4 is 11.5 Å². The molecule has 26 heavy (non-hydrogen) atoms. The summed E-state index contributed by atoms with van der Waals surface area (Å²) in [6.07, 6.45) is 6.02. The lowest BCUT2D eigenvalue weighted by molar-refractivity contribution is -0.142. The number of ketones is 1. The molecule has 1 aliphatic heterocycles. The van der Waals surface area contributed by atoms with E-state index in [0.717, 1.165) is 49.7 Å². The summed E-state index contributed by atoms with van der Waals surface area (Å²) in [7, 11) is 0. The van der Waals surface area contributed by atoms with Gasteiger partial charge in [-0.05, 0) is 55.4 Å². The van der Waals surface area contributed by atoms with E-state index < -0.39 is 5.54 Å². The van der Waals surface area contributed by atoms with Crippen molar-refractivity contribution >= 4 is 23.3 Å². The van der Waals surface area contributed by atoms with Gasteiger partial charge in [0.2, 0.25) is 5.91 Å². The quantitative estimate of drug-likeness (QED) is 0.797. The molecule has 1 aromatic rings. The second kappa shape index (κ2) is 8.07. The van der Waals surface area contributed by atoms with Crippen molar-refractivity contribution in [2.24, 2.45) is 11.5 Å². The number of rotatable bonds is 6. The smallest absolute Gasteiger partial charge is 0.243 e. The molecule has 3 rings (SSSR count). The minimum absolute atomic E-state index is 0.0312. The van der Waals surface area contributed by atoms with Crippen LogP contribution in [0.3, 0.4) is 0 Å². The Kier molecular flexibility index (Phi) is 6.00. The van der Waals surface area contributed by atoms with Crippen LogP contribution in [0.5, 0.6) is 0 Å². The number of halogens is 1. The number of aryl methyl sites for hydroxylation is 1. The highest BCUT2D eigenvalue weighted by Crippen LogP contribution is 2.32. The Morgan fingerprint density at radius 3 is 2.62 bits per heavy atom. The lowest BCUT2D eigenvalue weighted by Crippen LogP contribution is -2.56. The second-order valence-electron chi connectivity index (χ2n) is 7.60. The van der Waals surface area contributed by atoms with Crippen molar-refractivity contribution in [1.82, 2.24) is 4.90 Å². The molecular formula is C20H28ClN3O2. The average Bonchev–Trinajstić information content (AvgIpc) is 3.29. The van der Waals surface area contributed by atoms with Crippen LogP contribution >= 0.6 is 11.6 Å². The minimum atomic E-state index is -0.761. The predicted octanol–water partition coefficient (Wildman–Crippen LogP) is 2.56. The van der Waals surface area contributed by atoms with Gasteiger partial charge in [-0.2, -0.15) is 0 Å². The predicted molar refractivity (Wildman–Crippen MR) is 103 cm³/mol. The van der Waals surface area contributed by atoms with E-state index in [-0.39, 0.29) is 17.7 Å². The highest BCUT2D eigenvalue weighted by Gasteiger charge is 2.44. The fourth-order valence-electron chi connectivity index (χ4n) is 4.30. The summed E-state index contributed by atoms with van der Waals surface area (Å²) < 4.78 is 0. The summed E-state index contributed by atoms with van der Waals surface area (Å²) in [5, 5.41) is 0.647. The molecule has 5 nitrogen and oxygen atoms in total. The zero-order valence-electron chi connectivity index (χ0n) is 15.2. The van der Waals surface area contributed by atoms with Gasteiger partial charge in [-0.15, -0.1) is 0 Å². The Balaban J connectivity index is 1.65. The maximum absolute atomic E-state index is 12.9. The molecule has 1 heterocycles. The third kappa shape index (κ3) is 3.95. The number of nitrogens with zero attached hydrogens (tertiary/aromatic N) is 1. The van der Waals surface area contributed by atoms with Crippen molar-refractivity contribution in [3.8, 4) is 0 Å². The van der Waals surface area contributed by atoms with Crippen molar-refractivity contribution in [3.05, 3.63) is 34.3 Å². The monoisotopic (exact) mass is 377 g/mol. The van der Waals surface area contributed by atoms with Crippen molar-refractivity contribution in [2.75, 3.05) is 6.54 Å². The number of nitrogens with two attached hydrogens (primary N) is 2. The SMILES string of the molecule is NCc1ccc(Cl)cc1CCC(=O)[C@@H]1CCCN1C(=O)C1(N)CCCC1. The van der Waals surface area contributed by atoms with E-state index in [4.69, 9.17) is 23.1 Å². The van der Waals surface area contributed by atoms with Gasteiger partial charge in [0.1, 0.15) is 0 Å². The molecule has 6 heteroatoms. The van der Waals surface area contributed by atoms with Crippen LogP contribution in [-0.2, 0) is 22.6 Å². The molecule has 142 valence electrons. The molecule has 2 aliphatic rings. The normalized spacial score (nSPS) is 22.0. The lowest BCUT2D eigenvalue weighted by atomic mass is 9.95. The number of hydrogen-bond acceptors (Lipinski definition) is 4. The maximum Gasteiger partial charge on any atom is 0.243 e. The molecule has 2 fully saturated rings. The highest BCUT2D eigenvalue weighted by molar-refractivity contribution is 6.30. The van der Waals surface area contributed by atoms with E-state index in [0.29, 0.717) is 31.0 Å². The van der Waals surface area contributed by atoms with Crippen molar-refractivity contribution in [2.45, 2.75) is 69.5 Å². The first-order valence-electron chi connectivity index (χ1n) is 9.54. The summed E-state index contributed by atoms with van der Waals surface area (Å²) in [6.45, 7) is 1.06. The third-order valence-electron chi connectivity index (χ3n) is 5.84. The van der Waals surface area contributed by atoms with E-state index in [1.54, 1.807) is 4.90 Å². The van der Waals surface area contributed by atoms with Crippen LogP contribution in [0, 0.1) is 0 Å². The maximum atomic E-state index is 12.9. The van der Waals surface area contributed by atoms with Crippen molar-refractivity contribution in [3.63, 3.8) is 0 Å². The van der Waals surface area contributed by atoms with E-state index in [1.165, 1.54) is 0 Å². The highest BCUT2D eigenvalue weighted by atomic mass is 35.5. The number of carbonyl (C=O) groups is 2. The van der Waals surface area contributed by atoms with Crippen LogP contribution in [0.25, 0.3) is 0 Å². The first kappa shape index (κ1) is 19.3. The molecule has 1 amide bonds. The molecule has 1 atom stereocenters. The van der Waals surface area contributed by atoms with Gasteiger partial charge in [0.15, 0.2) is 5.78 Å². The molecule has 0 aromatic heterocycles. The fourth-order valence-corrected chi connectivity index (χ4v) is 4.50. The van der Waals surface area contributed by atoms with E-state index in [1.807, 2.05) is 18.2 Å². The standard InChI is InChI=1S/C20H28ClN3O2/c21-16-7-5-15(13-22)14(12-16)6-8-18(25)17-4-3-11-24(17)19(26)20(23)9-1-2-10-20/h5,7,12,17H,1-4,6,8-11,13,22-23H2/t17-/m0/s1. The number of likely N-dealkylation sites (tertiary alicyclic amines) is 1. The van der Waals surface area contributed by atoms with Crippen LogP contribution in [0.2, 0.25) is 5.02 Å². The first-order valence-corrected chi connectivity index (χ1v) is 9.92. The molecular weight excluding hydrogens is 350 g/mol. The Bertz CT molecular complexity index is 686. The van der Waals surface area contributed by atoms with E-state index in [2.05, 4.69) is 0 Å². The molecule has 0 radical (unpaired) electrons. The van der Waals surface area contributed by atoms with Gasteiger partial charge in [0.25, 0.3) is 0 Å². The summed E-state index contributed by atoms with van der Waals surface area (Å²) in [5.74, 6) is 0.0802. The molecule has 4 N–H and O–H groups in total. The van der Waals surface area contributed by atoms with Gasteiger partial charge in [-0.25, -0.2) is 0 Å². The number of amides is 1. The van der Waals surface area contributed by atoms with Gasteiger partial charge < -0.3 is 16.4 Å². The average molecular weight is 378 g/mol. The Morgan fingerprint density at radius 1 is 1.19 bits per heavy atom. The second-order valence-corrected chi connectivity index (χ2v) is 8.04. The molecule has 1 aliphatic carbocycles. The Labute approximate surface area is 160 Å². The lowest BCUT2D eigenvalue weighted by Gasteiger charge is -2.32. The van der Waals surface area contributed by atoms with Gasteiger partial charge in [0.05, 0.1) is 11.6 Å². The van der Waals surface area contributed by atoms with Gasteiger partial charge in [-0.3, -0.25) is 9.59 Å². The van der Waals surface area contributed by atoms with Crippen molar-refractivity contribution in [1.29, 1.82) is 0 Å². The molecule has 0 spiro atoms. The van der Waals surface area contributed by atoms with Crippen LogP contribution in [-0.4, -0.2) is 34.7 Å². The van der Waals surface area contributed by atoms with E-state index in [9.17, 15) is 9.59 Å². The largest absolute Gasteiger partial charge is 0.331 e. The topological polar surface area (TPSA) is 89.4 Å². The molecule has 0 unspecified atom stereocenters.